The third-order valence-electron chi connectivity index (χ3n) is 17.3. The second kappa shape index (κ2) is 15.6. The molecule has 53 heavy (non-hydrogen) atoms. The Morgan fingerprint density at radius 2 is 1.62 bits per heavy atom. The van der Waals surface area contributed by atoms with E-state index in [0.29, 0.717) is 24.2 Å². The first-order chi connectivity index (χ1) is 25.7. The number of piperidine rings is 1. The first-order valence-electron chi connectivity index (χ1n) is 22.6. The number of rotatable bonds is 15. The van der Waals surface area contributed by atoms with Crippen LogP contribution in [0.25, 0.3) is 0 Å². The van der Waals surface area contributed by atoms with E-state index in [1.165, 1.54) is 96.9 Å². The number of carbonyl (C=O) groups is 2. The average Bonchev–Trinajstić information content (AvgIpc) is 3.99. The van der Waals surface area contributed by atoms with Gasteiger partial charge in [-0.25, -0.2) is 0 Å². The predicted molar refractivity (Wildman–Crippen MR) is 211 cm³/mol. The Hall–Kier alpha value is -1.32. The summed E-state index contributed by atoms with van der Waals surface area (Å²) in [6.07, 6.45) is 19.0. The van der Waals surface area contributed by atoms with Crippen molar-refractivity contribution in [3.63, 3.8) is 0 Å². The number of fused-ring (bicyclic) bond motifs is 2. The molecule has 5 aliphatic carbocycles. The Morgan fingerprint density at radius 1 is 0.943 bits per heavy atom. The van der Waals surface area contributed by atoms with Crippen LogP contribution in [0.1, 0.15) is 111 Å². The minimum Gasteiger partial charge on any atom is -0.481 e. The monoisotopic (exact) mass is 735 g/mol. The zero-order chi connectivity index (χ0) is 37.0. The number of aliphatic carboxylic acids is 1. The van der Waals surface area contributed by atoms with Gasteiger partial charge in [0.1, 0.15) is 11.7 Å². The van der Waals surface area contributed by atoms with E-state index >= 15 is 0 Å². The third-order valence-corrected chi connectivity index (χ3v) is 17.3. The van der Waals surface area contributed by atoms with Crippen LogP contribution in [0.3, 0.4) is 0 Å². The average molecular weight is 735 g/mol. The van der Waals surface area contributed by atoms with Crippen LogP contribution in [0, 0.1) is 57.7 Å². The standard InChI is InChI=1S/C45H74N4O4/c1-5-46(17-18-48-21-23-49(24-22-48)20-19-47-15-9-6-10-16-47)30-40-35(25-34-11-7-8-12-34)26-41(53-40)44-29-37-33(4)13-14-38(37)43(31-50)28-36(44)27-39(32(2)3)45(43,44)42(51)52/h27,31-38,40-41H,5-26,28-30H2,1-4H3,(H,51,52)/t33-,35+,36?,37-,38-,40+,41-,43?,44?,45?/m1/s1. The lowest BCUT2D eigenvalue weighted by atomic mass is 9.41. The molecular weight excluding hydrogens is 661 g/mol. The van der Waals surface area contributed by atoms with Gasteiger partial charge in [0.15, 0.2) is 0 Å². The van der Waals surface area contributed by atoms with Crippen LogP contribution in [0.15, 0.2) is 11.6 Å². The molecule has 0 aromatic rings. The van der Waals surface area contributed by atoms with Crippen molar-refractivity contribution in [2.45, 2.75) is 123 Å². The Bertz CT molecular complexity index is 1340. The smallest absolute Gasteiger partial charge is 0.315 e. The zero-order valence-corrected chi connectivity index (χ0v) is 34.0. The summed E-state index contributed by atoms with van der Waals surface area (Å²) < 4.78 is 7.54. The number of allylic oxidation sites excluding steroid dienone is 1. The molecule has 298 valence electrons. The van der Waals surface area contributed by atoms with Gasteiger partial charge in [-0.3, -0.25) is 19.5 Å². The lowest BCUT2D eigenvalue weighted by Gasteiger charge is -2.60. The fourth-order valence-corrected chi connectivity index (χ4v) is 14.7. The van der Waals surface area contributed by atoms with E-state index < -0.39 is 22.2 Å². The Labute approximate surface area is 321 Å². The molecule has 8 nitrogen and oxygen atoms in total. The van der Waals surface area contributed by atoms with Gasteiger partial charge in [0.25, 0.3) is 0 Å². The highest BCUT2D eigenvalue weighted by Gasteiger charge is 2.86. The highest BCUT2D eigenvalue weighted by Crippen LogP contribution is 2.84. The molecule has 8 aliphatic rings. The van der Waals surface area contributed by atoms with Gasteiger partial charge in [-0.05, 0) is 106 Å². The van der Waals surface area contributed by atoms with E-state index in [1.807, 2.05) is 0 Å². The number of hydrogen-bond acceptors (Lipinski definition) is 7. The van der Waals surface area contributed by atoms with Gasteiger partial charge in [-0.1, -0.05) is 77.9 Å². The molecule has 4 bridgehead atoms. The van der Waals surface area contributed by atoms with Crippen molar-refractivity contribution < 1.29 is 19.4 Å². The lowest BCUT2D eigenvalue weighted by Crippen LogP contribution is -2.65. The molecule has 8 rings (SSSR count). The molecule has 1 N–H and O–H groups in total. The topological polar surface area (TPSA) is 76.6 Å². The van der Waals surface area contributed by atoms with Crippen LogP contribution in [-0.2, 0) is 14.3 Å². The Balaban J connectivity index is 0.990. The summed E-state index contributed by atoms with van der Waals surface area (Å²) in [5.41, 5.74) is -1.45. The number of piperazine rings is 1. The molecule has 8 heteroatoms. The highest BCUT2D eigenvalue weighted by molar-refractivity contribution is 5.90. The number of nitrogens with zero attached hydrogens (tertiary/aromatic N) is 4. The maximum Gasteiger partial charge on any atom is 0.315 e. The minimum atomic E-state index is -1.15. The number of carbonyl (C=O) groups excluding carboxylic acids is 1. The molecule has 0 aromatic carbocycles. The SMILES string of the molecule is CCN(CCN1CCN(CCN2CCCCC2)CC1)C[C@@H]1O[C@@H](C23C[C@@H]4[C@H](C)CC[C@H]4C4(C=O)CC2C=C(C(C)C)C43C(=O)O)C[C@@H]1CC1CCCC1. The van der Waals surface area contributed by atoms with Gasteiger partial charge < -0.3 is 19.5 Å². The van der Waals surface area contributed by atoms with Gasteiger partial charge >= 0.3 is 5.97 Å². The van der Waals surface area contributed by atoms with E-state index in [9.17, 15) is 14.7 Å². The minimum absolute atomic E-state index is 0.101. The molecule has 0 amide bonds. The van der Waals surface area contributed by atoms with E-state index in [-0.39, 0.29) is 30.0 Å². The van der Waals surface area contributed by atoms with Crippen LogP contribution < -0.4 is 0 Å². The van der Waals surface area contributed by atoms with E-state index in [1.54, 1.807) is 0 Å². The van der Waals surface area contributed by atoms with Crippen molar-refractivity contribution in [2.75, 3.05) is 78.5 Å². The number of hydrogen-bond donors (Lipinski definition) is 1. The third kappa shape index (κ3) is 6.34. The molecule has 0 radical (unpaired) electrons. The molecule has 7 fully saturated rings. The summed E-state index contributed by atoms with van der Waals surface area (Å²) in [5, 5.41) is 11.7. The Morgan fingerprint density at radius 3 is 2.26 bits per heavy atom. The number of carboxylic acids is 1. The zero-order valence-electron chi connectivity index (χ0n) is 34.0. The van der Waals surface area contributed by atoms with Gasteiger partial charge in [0, 0.05) is 64.3 Å². The second-order valence-corrected chi connectivity index (χ2v) is 19.9. The maximum absolute atomic E-state index is 14.3. The lowest BCUT2D eigenvalue weighted by molar-refractivity contribution is -0.197. The van der Waals surface area contributed by atoms with Crippen LogP contribution in [0.2, 0.25) is 0 Å². The van der Waals surface area contributed by atoms with Crippen LogP contribution in [0.4, 0.5) is 0 Å². The predicted octanol–water partition coefficient (Wildman–Crippen LogP) is 6.69. The molecule has 0 spiro atoms. The van der Waals surface area contributed by atoms with Gasteiger partial charge in [-0.15, -0.1) is 0 Å². The van der Waals surface area contributed by atoms with Crippen LogP contribution >= 0.6 is 0 Å². The normalized spacial score (nSPS) is 42.2. The van der Waals surface area contributed by atoms with E-state index in [2.05, 4.69) is 53.4 Å². The van der Waals surface area contributed by atoms with E-state index in [4.69, 9.17) is 4.74 Å². The fraction of sp³-hybridized carbons (Fsp3) is 0.911. The molecule has 4 saturated carbocycles. The molecular formula is C45H74N4O4. The van der Waals surface area contributed by atoms with Crippen molar-refractivity contribution in [1.82, 2.24) is 19.6 Å². The van der Waals surface area contributed by atoms with Gasteiger partial charge in [0.2, 0.25) is 0 Å². The van der Waals surface area contributed by atoms with Crippen LogP contribution in [-0.4, -0.2) is 128 Å². The summed E-state index contributed by atoms with van der Waals surface area (Å²) >= 11 is 0. The van der Waals surface area contributed by atoms with Crippen LogP contribution in [0.5, 0.6) is 0 Å². The maximum atomic E-state index is 14.3. The number of likely N-dealkylation sites (N-methyl/N-ethyl adjacent to an activating group) is 1. The van der Waals surface area contributed by atoms with E-state index in [0.717, 1.165) is 76.4 Å². The largest absolute Gasteiger partial charge is 0.481 e. The van der Waals surface area contributed by atoms with Crippen molar-refractivity contribution in [3.05, 3.63) is 11.6 Å². The first kappa shape index (κ1) is 38.5. The summed E-state index contributed by atoms with van der Waals surface area (Å²) in [5.74, 6) is 1.80. The second-order valence-electron chi connectivity index (χ2n) is 19.9. The van der Waals surface area contributed by atoms with Crippen molar-refractivity contribution in [1.29, 1.82) is 0 Å². The van der Waals surface area contributed by atoms with Gasteiger partial charge in [-0.2, -0.15) is 0 Å². The molecule has 3 heterocycles. The molecule has 3 aliphatic heterocycles. The number of carboxylic acid groups (broad SMARTS) is 1. The fourth-order valence-electron chi connectivity index (χ4n) is 14.7. The first-order valence-corrected chi connectivity index (χ1v) is 22.6. The molecule has 0 aromatic heterocycles. The number of likely N-dealkylation sites (tertiary alicyclic amines) is 1. The molecule has 4 unspecified atom stereocenters. The summed E-state index contributed by atoms with van der Waals surface area (Å²) in [6, 6.07) is 0. The summed E-state index contributed by atoms with van der Waals surface area (Å²) in [4.78, 5) is 38.7. The molecule has 3 saturated heterocycles. The molecule has 10 atom stereocenters. The van der Waals surface area contributed by atoms with Crippen molar-refractivity contribution in [3.8, 4) is 0 Å². The van der Waals surface area contributed by atoms with Gasteiger partial charge in [0.05, 0.1) is 17.6 Å². The summed E-state index contributed by atoms with van der Waals surface area (Å²) in [7, 11) is 0. The van der Waals surface area contributed by atoms with Crippen molar-refractivity contribution in [2.24, 2.45) is 57.7 Å². The van der Waals surface area contributed by atoms with Crippen molar-refractivity contribution >= 4 is 12.3 Å². The highest BCUT2D eigenvalue weighted by atomic mass is 16.5. The number of aldehydes is 1. The Kier molecular flexibility index (Phi) is 11.3. The number of ether oxygens (including phenoxy) is 1. The quantitative estimate of drug-likeness (QED) is 0.148. The summed E-state index contributed by atoms with van der Waals surface area (Å²) in [6.45, 7) is 22.9.